The summed E-state index contributed by atoms with van der Waals surface area (Å²) in [5, 5.41) is 7.59. The van der Waals surface area contributed by atoms with Crippen molar-refractivity contribution < 1.29 is 0 Å². The predicted molar refractivity (Wildman–Crippen MR) is 218 cm³/mol. The molecule has 0 radical (unpaired) electrons. The highest BCUT2D eigenvalue weighted by Gasteiger charge is 2.35. The molecule has 0 nitrogen and oxygen atoms in total. The summed E-state index contributed by atoms with van der Waals surface area (Å²) in [4.78, 5) is 0. The van der Waals surface area contributed by atoms with Crippen LogP contribution >= 0.6 is 0 Å². The Morgan fingerprint density at radius 1 is 0.294 bits per heavy atom. The minimum atomic E-state index is -0.0539. The van der Waals surface area contributed by atoms with E-state index < -0.39 is 0 Å². The maximum absolute atomic E-state index is 2.45. The Morgan fingerprint density at radius 3 is 1.59 bits per heavy atom. The van der Waals surface area contributed by atoms with Gasteiger partial charge < -0.3 is 0 Å². The monoisotopic (exact) mass is 648 g/mol. The minimum absolute atomic E-state index is 0.0539. The first-order chi connectivity index (χ1) is 25.1. The van der Waals surface area contributed by atoms with Crippen LogP contribution in [-0.4, -0.2) is 0 Å². The first-order valence-electron chi connectivity index (χ1n) is 17.9. The maximum Gasteiger partial charge on any atom is 0.0159 e. The second-order valence-electron chi connectivity index (χ2n) is 14.5. The van der Waals surface area contributed by atoms with Gasteiger partial charge in [0.25, 0.3) is 0 Å². The smallest absolute Gasteiger partial charge is 0.0159 e. The Balaban J connectivity index is 1.23. The van der Waals surface area contributed by atoms with Gasteiger partial charge in [-0.15, -0.1) is 0 Å². The van der Waals surface area contributed by atoms with Crippen molar-refractivity contribution in [1.29, 1.82) is 0 Å². The molecular formula is C51H36. The van der Waals surface area contributed by atoms with Crippen LogP contribution in [0.2, 0.25) is 0 Å². The number of fused-ring (bicyclic) bond motifs is 6. The van der Waals surface area contributed by atoms with Gasteiger partial charge in [-0.05, 0) is 123 Å². The fourth-order valence-electron chi connectivity index (χ4n) is 8.78. The molecule has 0 spiro atoms. The van der Waals surface area contributed by atoms with Gasteiger partial charge >= 0.3 is 0 Å². The second kappa shape index (κ2) is 11.4. The molecule has 9 aromatic carbocycles. The maximum atomic E-state index is 2.45. The van der Waals surface area contributed by atoms with E-state index in [2.05, 4.69) is 196 Å². The molecule has 0 aliphatic heterocycles. The zero-order valence-corrected chi connectivity index (χ0v) is 28.8. The van der Waals surface area contributed by atoms with Crippen LogP contribution in [0.5, 0.6) is 0 Å². The average Bonchev–Trinajstić information content (AvgIpc) is 3.42. The Hall–Kier alpha value is -6.24. The molecule has 1 aliphatic carbocycles. The summed E-state index contributed by atoms with van der Waals surface area (Å²) >= 11 is 0. The molecule has 0 N–H and O–H groups in total. The zero-order valence-electron chi connectivity index (χ0n) is 28.8. The van der Waals surface area contributed by atoms with Crippen molar-refractivity contribution in [3.63, 3.8) is 0 Å². The van der Waals surface area contributed by atoms with Crippen molar-refractivity contribution in [2.45, 2.75) is 19.3 Å². The summed E-state index contributed by atoms with van der Waals surface area (Å²) in [6.45, 7) is 4.73. The Bertz CT molecular complexity index is 2760. The summed E-state index contributed by atoms with van der Waals surface area (Å²) in [5.74, 6) is 0. The largest absolute Gasteiger partial charge is 0.0622 e. The normalized spacial score (nSPS) is 13.1. The first kappa shape index (κ1) is 29.7. The van der Waals surface area contributed by atoms with Crippen molar-refractivity contribution >= 4 is 32.3 Å². The fourth-order valence-corrected chi connectivity index (χ4v) is 8.78. The highest BCUT2D eigenvalue weighted by molar-refractivity contribution is 6.24. The second-order valence-corrected chi connectivity index (χ2v) is 14.5. The van der Waals surface area contributed by atoms with E-state index in [1.165, 1.54) is 99.1 Å². The highest BCUT2D eigenvalue weighted by atomic mass is 14.4. The van der Waals surface area contributed by atoms with E-state index in [0.29, 0.717) is 0 Å². The lowest BCUT2D eigenvalue weighted by molar-refractivity contribution is 0.660. The predicted octanol–water partition coefficient (Wildman–Crippen LogP) is 14.1. The molecule has 10 rings (SSSR count). The number of rotatable bonds is 4. The van der Waals surface area contributed by atoms with E-state index in [4.69, 9.17) is 0 Å². The molecule has 9 aromatic rings. The van der Waals surface area contributed by atoms with Crippen LogP contribution in [0, 0.1) is 0 Å². The first-order valence-corrected chi connectivity index (χ1v) is 17.9. The SMILES string of the molecule is CC1(C)c2ccccc2-c2ccc(-c3cc(-c4c5ccccc5c(-c5cccc(-c6ccccc6)c5)c5ccccc45)c4ccccc4c3)cc21. The number of hydrogen-bond acceptors (Lipinski definition) is 0. The van der Waals surface area contributed by atoms with Gasteiger partial charge in [-0.3, -0.25) is 0 Å². The lowest BCUT2D eigenvalue weighted by atomic mass is 9.81. The number of hydrogen-bond donors (Lipinski definition) is 0. The fraction of sp³-hybridized carbons (Fsp3) is 0.0588. The molecular weight excluding hydrogens is 613 g/mol. The number of benzene rings is 9. The van der Waals surface area contributed by atoms with E-state index in [0.717, 1.165) is 0 Å². The molecule has 0 heteroatoms. The summed E-state index contributed by atoms with van der Waals surface area (Å²) < 4.78 is 0. The van der Waals surface area contributed by atoms with Crippen molar-refractivity contribution in [2.75, 3.05) is 0 Å². The summed E-state index contributed by atoms with van der Waals surface area (Å²) in [5.41, 5.74) is 15.5. The van der Waals surface area contributed by atoms with Gasteiger partial charge in [-0.25, -0.2) is 0 Å². The van der Waals surface area contributed by atoms with Gasteiger partial charge in [0, 0.05) is 5.41 Å². The van der Waals surface area contributed by atoms with Gasteiger partial charge in [-0.1, -0.05) is 172 Å². The topological polar surface area (TPSA) is 0 Å². The van der Waals surface area contributed by atoms with Crippen LogP contribution in [0.1, 0.15) is 25.0 Å². The molecule has 0 atom stereocenters. The van der Waals surface area contributed by atoms with Crippen LogP contribution in [0.15, 0.2) is 182 Å². The quantitative estimate of drug-likeness (QED) is 0.167. The van der Waals surface area contributed by atoms with Crippen molar-refractivity contribution in [1.82, 2.24) is 0 Å². The Kier molecular flexibility index (Phi) is 6.63. The standard InChI is InChI=1S/C51H36/c1-51(2)47-26-13-12-21-40(47)41-28-27-35(32-48(41)51)38-30-36-17-6-7-20-39(36)46(31-38)50-44-24-10-8-22-42(44)49(43-23-9-11-25-45(43)50)37-19-14-18-34(29-37)33-15-4-3-5-16-33/h3-32H,1-2H3. The van der Waals surface area contributed by atoms with Crippen molar-refractivity contribution in [3.8, 4) is 55.6 Å². The minimum Gasteiger partial charge on any atom is -0.0622 e. The molecule has 0 unspecified atom stereocenters. The van der Waals surface area contributed by atoms with Crippen LogP contribution < -0.4 is 0 Å². The zero-order chi connectivity index (χ0) is 34.1. The molecule has 51 heavy (non-hydrogen) atoms. The third kappa shape index (κ3) is 4.60. The van der Waals surface area contributed by atoms with E-state index in [9.17, 15) is 0 Å². The molecule has 0 heterocycles. The summed E-state index contributed by atoms with van der Waals surface area (Å²) in [6.07, 6.45) is 0. The van der Waals surface area contributed by atoms with E-state index in [-0.39, 0.29) is 5.41 Å². The van der Waals surface area contributed by atoms with Crippen LogP contribution in [0.3, 0.4) is 0 Å². The molecule has 0 amide bonds. The lowest BCUT2D eigenvalue weighted by Crippen LogP contribution is -2.14. The van der Waals surface area contributed by atoms with Crippen LogP contribution in [-0.2, 0) is 5.41 Å². The molecule has 0 saturated carbocycles. The molecule has 0 aromatic heterocycles. The van der Waals surface area contributed by atoms with E-state index in [1.54, 1.807) is 0 Å². The lowest BCUT2D eigenvalue weighted by Gasteiger charge is -2.22. The molecule has 240 valence electrons. The van der Waals surface area contributed by atoms with Gasteiger partial charge in [0.1, 0.15) is 0 Å². The van der Waals surface area contributed by atoms with Gasteiger partial charge in [0.05, 0.1) is 0 Å². The summed E-state index contributed by atoms with van der Waals surface area (Å²) in [6, 6.07) is 67.5. The third-order valence-electron chi connectivity index (χ3n) is 11.2. The van der Waals surface area contributed by atoms with Gasteiger partial charge in [0.2, 0.25) is 0 Å². The third-order valence-corrected chi connectivity index (χ3v) is 11.2. The van der Waals surface area contributed by atoms with Crippen LogP contribution in [0.25, 0.3) is 88.0 Å². The Labute approximate surface area is 299 Å². The van der Waals surface area contributed by atoms with E-state index in [1.807, 2.05) is 0 Å². The molecule has 0 fully saturated rings. The average molecular weight is 649 g/mol. The van der Waals surface area contributed by atoms with Gasteiger partial charge in [-0.2, -0.15) is 0 Å². The summed E-state index contributed by atoms with van der Waals surface area (Å²) in [7, 11) is 0. The molecule has 0 saturated heterocycles. The molecule has 1 aliphatic rings. The molecule has 0 bridgehead atoms. The van der Waals surface area contributed by atoms with E-state index >= 15 is 0 Å². The van der Waals surface area contributed by atoms with Crippen molar-refractivity contribution in [3.05, 3.63) is 193 Å². The Morgan fingerprint density at radius 2 is 0.843 bits per heavy atom. The van der Waals surface area contributed by atoms with Crippen molar-refractivity contribution in [2.24, 2.45) is 0 Å². The van der Waals surface area contributed by atoms with Gasteiger partial charge in [0.15, 0.2) is 0 Å². The van der Waals surface area contributed by atoms with Crippen LogP contribution in [0.4, 0.5) is 0 Å². The highest BCUT2D eigenvalue weighted by Crippen LogP contribution is 2.51.